The Bertz CT molecular complexity index is 980. The van der Waals surface area contributed by atoms with Crippen molar-refractivity contribution in [1.29, 1.82) is 0 Å². The molecular weight excluding hydrogens is 340 g/mol. The molecule has 25 heavy (non-hydrogen) atoms. The second-order valence-electron chi connectivity index (χ2n) is 6.04. The van der Waals surface area contributed by atoms with Gasteiger partial charge in [0.15, 0.2) is 0 Å². The molecule has 0 aliphatic carbocycles. The number of aryl methyl sites for hydroxylation is 5. The zero-order chi connectivity index (χ0) is 18.1. The van der Waals surface area contributed by atoms with Gasteiger partial charge in [-0.1, -0.05) is 5.16 Å². The fourth-order valence-electron chi connectivity index (χ4n) is 2.68. The summed E-state index contributed by atoms with van der Waals surface area (Å²) < 4.78 is 6.57. The molecule has 3 aromatic rings. The van der Waals surface area contributed by atoms with Crippen molar-refractivity contribution in [2.45, 2.75) is 47.2 Å². The second kappa shape index (κ2) is 6.79. The first-order valence-electron chi connectivity index (χ1n) is 8.02. The lowest BCUT2D eigenvalue weighted by Gasteiger charge is -2.07. The van der Waals surface area contributed by atoms with Crippen molar-refractivity contribution in [1.82, 2.24) is 20.0 Å². The predicted octanol–water partition coefficient (Wildman–Crippen LogP) is 2.39. The van der Waals surface area contributed by atoms with Gasteiger partial charge in [0.1, 0.15) is 10.6 Å². The fraction of sp³-hybridized carbons (Fsp3) is 0.412. The molecule has 3 rings (SSSR count). The number of carbonyl (C=O) groups excluding carboxylic acids is 1. The summed E-state index contributed by atoms with van der Waals surface area (Å²) in [5.41, 5.74) is 2.53. The lowest BCUT2D eigenvalue weighted by Crippen LogP contribution is -2.27. The Kier molecular flexibility index (Phi) is 4.71. The first kappa shape index (κ1) is 17.3. The minimum Gasteiger partial charge on any atom is -0.361 e. The Balaban J connectivity index is 1.66. The molecule has 0 unspecified atom stereocenters. The zero-order valence-corrected chi connectivity index (χ0v) is 15.5. The Morgan fingerprint density at radius 2 is 2.08 bits per heavy atom. The highest BCUT2D eigenvalue weighted by Gasteiger charge is 2.13. The van der Waals surface area contributed by atoms with E-state index in [0.717, 1.165) is 26.5 Å². The second-order valence-corrected chi connectivity index (χ2v) is 7.24. The summed E-state index contributed by atoms with van der Waals surface area (Å²) in [5.74, 6) is 0.567. The molecule has 8 heteroatoms. The van der Waals surface area contributed by atoms with Crippen LogP contribution in [-0.2, 0) is 17.9 Å². The van der Waals surface area contributed by atoms with Crippen molar-refractivity contribution in [3.05, 3.63) is 44.1 Å². The number of hydrogen-bond acceptors (Lipinski definition) is 6. The maximum atomic E-state index is 12.6. The van der Waals surface area contributed by atoms with Gasteiger partial charge in [0.05, 0.1) is 17.4 Å². The molecule has 0 atom stereocenters. The molecule has 1 N–H and O–H groups in total. The van der Waals surface area contributed by atoms with Crippen LogP contribution in [0.15, 0.2) is 15.6 Å². The molecule has 0 aromatic carbocycles. The van der Waals surface area contributed by atoms with Crippen molar-refractivity contribution >= 4 is 27.5 Å². The van der Waals surface area contributed by atoms with E-state index < -0.39 is 0 Å². The molecule has 3 heterocycles. The van der Waals surface area contributed by atoms with Crippen molar-refractivity contribution in [2.75, 3.05) is 0 Å². The summed E-state index contributed by atoms with van der Waals surface area (Å²) in [6.45, 7) is 8.22. The minimum atomic E-state index is -0.134. The molecule has 0 fully saturated rings. The number of aromatic nitrogens is 3. The number of carbonyl (C=O) groups is 1. The molecule has 7 nitrogen and oxygen atoms in total. The number of amides is 1. The molecule has 132 valence electrons. The van der Waals surface area contributed by atoms with Gasteiger partial charge in [0, 0.05) is 30.0 Å². The molecule has 0 aliphatic rings. The highest BCUT2D eigenvalue weighted by Crippen LogP contribution is 2.25. The van der Waals surface area contributed by atoms with Gasteiger partial charge in [0.25, 0.3) is 5.56 Å². The van der Waals surface area contributed by atoms with Gasteiger partial charge in [-0.2, -0.15) is 0 Å². The van der Waals surface area contributed by atoms with Crippen LogP contribution in [0.1, 0.15) is 33.9 Å². The Morgan fingerprint density at radius 3 is 2.76 bits per heavy atom. The third kappa shape index (κ3) is 3.34. The SMILES string of the molecule is Cc1noc(C)c1CNC(=O)CCn1cnc2sc(C)c(C)c2c1=O. The van der Waals surface area contributed by atoms with Crippen LogP contribution < -0.4 is 10.9 Å². The van der Waals surface area contributed by atoms with Crippen LogP contribution in [0.5, 0.6) is 0 Å². The monoisotopic (exact) mass is 360 g/mol. The van der Waals surface area contributed by atoms with Crippen molar-refractivity contribution in [2.24, 2.45) is 0 Å². The maximum absolute atomic E-state index is 12.6. The van der Waals surface area contributed by atoms with Crippen LogP contribution in [0, 0.1) is 27.7 Å². The van der Waals surface area contributed by atoms with Crippen LogP contribution in [-0.4, -0.2) is 20.6 Å². The van der Waals surface area contributed by atoms with E-state index in [9.17, 15) is 9.59 Å². The van der Waals surface area contributed by atoms with E-state index in [2.05, 4.69) is 15.5 Å². The first-order chi connectivity index (χ1) is 11.9. The van der Waals surface area contributed by atoms with Gasteiger partial charge in [-0.25, -0.2) is 4.98 Å². The molecule has 0 bridgehead atoms. The van der Waals surface area contributed by atoms with Crippen molar-refractivity contribution < 1.29 is 9.32 Å². The van der Waals surface area contributed by atoms with Gasteiger partial charge in [0.2, 0.25) is 5.91 Å². The van der Waals surface area contributed by atoms with Gasteiger partial charge in [-0.3, -0.25) is 14.2 Å². The van der Waals surface area contributed by atoms with Crippen LogP contribution in [0.4, 0.5) is 0 Å². The average molecular weight is 360 g/mol. The highest BCUT2D eigenvalue weighted by atomic mass is 32.1. The maximum Gasteiger partial charge on any atom is 0.262 e. The number of nitrogens with zero attached hydrogens (tertiary/aromatic N) is 3. The quantitative estimate of drug-likeness (QED) is 0.754. The number of nitrogens with one attached hydrogen (secondary N) is 1. The minimum absolute atomic E-state index is 0.0922. The third-order valence-electron chi connectivity index (χ3n) is 4.38. The summed E-state index contributed by atoms with van der Waals surface area (Å²) in [4.78, 5) is 30.9. The normalized spacial score (nSPS) is 11.2. The summed E-state index contributed by atoms with van der Waals surface area (Å²) in [6.07, 6.45) is 1.72. The topological polar surface area (TPSA) is 90.0 Å². The van der Waals surface area contributed by atoms with Crippen LogP contribution in [0.25, 0.3) is 10.2 Å². The Hall–Kier alpha value is -2.48. The lowest BCUT2D eigenvalue weighted by molar-refractivity contribution is -0.121. The van der Waals surface area contributed by atoms with Gasteiger partial charge < -0.3 is 9.84 Å². The average Bonchev–Trinajstić information content (AvgIpc) is 3.05. The van der Waals surface area contributed by atoms with E-state index in [1.165, 1.54) is 22.2 Å². The third-order valence-corrected chi connectivity index (χ3v) is 5.49. The Labute approximate surface area is 148 Å². The lowest BCUT2D eigenvalue weighted by atomic mass is 10.2. The number of thiophene rings is 1. The molecule has 1 amide bonds. The zero-order valence-electron chi connectivity index (χ0n) is 14.7. The Morgan fingerprint density at radius 1 is 1.32 bits per heavy atom. The van der Waals surface area contributed by atoms with E-state index in [1.807, 2.05) is 27.7 Å². The number of fused-ring (bicyclic) bond motifs is 1. The molecule has 0 radical (unpaired) electrons. The molecule has 0 spiro atoms. The molecule has 0 saturated heterocycles. The van der Waals surface area contributed by atoms with E-state index >= 15 is 0 Å². The number of rotatable bonds is 5. The fourth-order valence-corrected chi connectivity index (χ4v) is 3.67. The van der Waals surface area contributed by atoms with Gasteiger partial charge in [-0.05, 0) is 33.3 Å². The van der Waals surface area contributed by atoms with E-state index in [0.29, 0.717) is 24.2 Å². The van der Waals surface area contributed by atoms with Crippen LogP contribution in [0.2, 0.25) is 0 Å². The van der Waals surface area contributed by atoms with E-state index in [4.69, 9.17) is 4.52 Å². The molecule has 0 aliphatic heterocycles. The number of hydrogen-bond donors (Lipinski definition) is 1. The summed E-state index contributed by atoms with van der Waals surface area (Å²) in [6, 6.07) is 0. The molecule has 3 aromatic heterocycles. The van der Waals surface area contributed by atoms with Gasteiger partial charge in [-0.15, -0.1) is 11.3 Å². The van der Waals surface area contributed by atoms with Crippen molar-refractivity contribution in [3.63, 3.8) is 0 Å². The summed E-state index contributed by atoms with van der Waals surface area (Å²) >= 11 is 1.52. The highest BCUT2D eigenvalue weighted by molar-refractivity contribution is 7.18. The predicted molar refractivity (Wildman–Crippen MR) is 95.8 cm³/mol. The van der Waals surface area contributed by atoms with Crippen LogP contribution in [0.3, 0.4) is 0 Å². The summed E-state index contributed by atoms with van der Waals surface area (Å²) in [7, 11) is 0. The van der Waals surface area contributed by atoms with Gasteiger partial charge >= 0.3 is 0 Å². The molecular formula is C17H20N4O3S. The summed E-state index contributed by atoms with van der Waals surface area (Å²) in [5, 5.41) is 7.35. The van der Waals surface area contributed by atoms with E-state index in [1.54, 1.807) is 0 Å². The first-order valence-corrected chi connectivity index (χ1v) is 8.83. The molecule has 0 saturated carbocycles. The van der Waals surface area contributed by atoms with Crippen molar-refractivity contribution in [3.8, 4) is 0 Å². The largest absolute Gasteiger partial charge is 0.361 e. The van der Waals surface area contributed by atoms with E-state index in [-0.39, 0.29) is 17.9 Å². The standard InChI is InChI=1S/C17H20N4O3S/c1-9-12(4)25-16-15(9)17(23)21(8-19-16)6-5-14(22)18-7-13-10(2)20-24-11(13)3/h8H,5-7H2,1-4H3,(H,18,22). The van der Waals surface area contributed by atoms with Crippen LogP contribution >= 0.6 is 11.3 Å². The smallest absolute Gasteiger partial charge is 0.262 e.